The molecule has 1 heterocycles. The maximum absolute atomic E-state index is 12.9. The maximum Gasteiger partial charge on any atom is 0.340 e. The number of esters is 1. The predicted octanol–water partition coefficient (Wildman–Crippen LogP) is 4.78. The molecule has 0 radical (unpaired) electrons. The number of rotatable bonds is 7. The Morgan fingerprint density at radius 3 is 2.24 bits per heavy atom. The number of furan rings is 1. The second kappa shape index (κ2) is 9.36. The molecule has 0 atom stereocenters. The summed E-state index contributed by atoms with van der Waals surface area (Å²) in [6.45, 7) is 6.48. The van der Waals surface area contributed by atoms with E-state index in [1.54, 1.807) is 33.8 Å². The molecule has 0 saturated carbocycles. The zero-order valence-corrected chi connectivity index (χ0v) is 19.5. The van der Waals surface area contributed by atoms with Crippen molar-refractivity contribution in [2.45, 2.75) is 27.7 Å². The molecule has 3 aromatic rings. The Morgan fingerprint density at radius 2 is 1.64 bits per heavy atom. The van der Waals surface area contributed by atoms with E-state index in [0.717, 1.165) is 5.39 Å². The summed E-state index contributed by atoms with van der Waals surface area (Å²) in [6.07, 6.45) is 0. The molecule has 0 saturated heterocycles. The minimum atomic E-state index is -0.803. The fourth-order valence-corrected chi connectivity index (χ4v) is 3.18. The first-order valence-corrected chi connectivity index (χ1v) is 10.3. The van der Waals surface area contributed by atoms with Gasteiger partial charge in [-0.1, -0.05) is 39.0 Å². The van der Waals surface area contributed by atoms with Crippen molar-refractivity contribution in [1.29, 1.82) is 0 Å². The van der Waals surface area contributed by atoms with Crippen LogP contribution in [-0.4, -0.2) is 38.5 Å². The van der Waals surface area contributed by atoms with Crippen molar-refractivity contribution in [1.82, 2.24) is 0 Å². The molecule has 0 unspecified atom stereocenters. The van der Waals surface area contributed by atoms with Crippen molar-refractivity contribution in [3.8, 4) is 11.5 Å². The van der Waals surface area contributed by atoms with Gasteiger partial charge in [-0.15, -0.1) is 0 Å². The van der Waals surface area contributed by atoms with Gasteiger partial charge < -0.3 is 23.9 Å². The topological polar surface area (TPSA) is 104 Å². The van der Waals surface area contributed by atoms with E-state index in [1.807, 2.05) is 18.2 Å². The van der Waals surface area contributed by atoms with Gasteiger partial charge >= 0.3 is 5.97 Å². The summed E-state index contributed by atoms with van der Waals surface area (Å²) < 4.78 is 21.5. The van der Waals surface area contributed by atoms with Crippen LogP contribution >= 0.6 is 0 Å². The van der Waals surface area contributed by atoms with Crippen LogP contribution in [-0.2, 0) is 9.53 Å². The van der Waals surface area contributed by atoms with Gasteiger partial charge in [-0.3, -0.25) is 9.59 Å². The molecule has 174 valence electrons. The molecule has 0 bridgehead atoms. The highest BCUT2D eigenvalue weighted by Crippen LogP contribution is 2.34. The number of nitrogens with one attached hydrogen (secondary N) is 1. The van der Waals surface area contributed by atoms with E-state index in [4.69, 9.17) is 18.6 Å². The van der Waals surface area contributed by atoms with Crippen LogP contribution in [0.5, 0.6) is 11.5 Å². The first-order valence-electron chi connectivity index (χ1n) is 10.3. The van der Waals surface area contributed by atoms with E-state index in [0.29, 0.717) is 16.9 Å². The van der Waals surface area contributed by atoms with Crippen molar-refractivity contribution >= 4 is 34.3 Å². The molecule has 3 rings (SSSR count). The average molecular weight is 453 g/mol. The van der Waals surface area contributed by atoms with Gasteiger partial charge in [0, 0.05) is 28.5 Å². The molecule has 0 aliphatic heterocycles. The number of amides is 1. The summed E-state index contributed by atoms with van der Waals surface area (Å²) in [7, 11) is 2.87. The van der Waals surface area contributed by atoms with Crippen molar-refractivity contribution < 1.29 is 33.0 Å². The molecule has 8 heteroatoms. The maximum atomic E-state index is 12.9. The Morgan fingerprint density at radius 1 is 1.00 bits per heavy atom. The third-order valence-corrected chi connectivity index (χ3v) is 5.10. The molecule has 8 nitrogen and oxygen atoms in total. The van der Waals surface area contributed by atoms with Gasteiger partial charge in [-0.25, -0.2) is 4.79 Å². The van der Waals surface area contributed by atoms with E-state index in [1.165, 1.54) is 26.4 Å². The minimum Gasteiger partial charge on any atom is -0.493 e. The largest absolute Gasteiger partial charge is 0.493 e. The summed E-state index contributed by atoms with van der Waals surface area (Å²) >= 11 is 0. The number of benzene rings is 2. The van der Waals surface area contributed by atoms with E-state index < -0.39 is 23.8 Å². The number of aryl methyl sites for hydroxylation is 1. The lowest BCUT2D eigenvalue weighted by atomic mass is 9.95. The Bertz CT molecular complexity index is 1220. The molecule has 2 aromatic carbocycles. The molecule has 0 aliphatic carbocycles. The van der Waals surface area contributed by atoms with E-state index in [9.17, 15) is 14.4 Å². The smallest absolute Gasteiger partial charge is 0.340 e. The lowest BCUT2D eigenvalue weighted by Crippen LogP contribution is -2.28. The molecule has 0 spiro atoms. The van der Waals surface area contributed by atoms with Gasteiger partial charge in [-0.05, 0) is 13.0 Å². The number of methoxy groups -OCH3 is 2. The predicted molar refractivity (Wildman–Crippen MR) is 123 cm³/mol. The number of hydrogen-bond acceptors (Lipinski definition) is 7. The fourth-order valence-electron chi connectivity index (χ4n) is 3.18. The van der Waals surface area contributed by atoms with Crippen molar-refractivity contribution in [2.75, 3.05) is 26.1 Å². The number of carbonyl (C=O) groups excluding carboxylic acids is 3. The van der Waals surface area contributed by atoms with Gasteiger partial charge in [0.25, 0.3) is 0 Å². The van der Waals surface area contributed by atoms with Crippen molar-refractivity contribution in [3.05, 3.63) is 53.3 Å². The van der Waals surface area contributed by atoms with Crippen LogP contribution in [0.1, 0.15) is 47.2 Å². The van der Waals surface area contributed by atoms with Gasteiger partial charge in [0.2, 0.25) is 11.7 Å². The van der Waals surface area contributed by atoms with Crippen LogP contribution in [0, 0.1) is 12.3 Å². The normalized spacial score (nSPS) is 11.2. The second-order valence-corrected chi connectivity index (χ2v) is 8.51. The number of para-hydroxylation sites is 1. The first-order chi connectivity index (χ1) is 15.6. The number of hydrogen-bond donors (Lipinski definition) is 1. The van der Waals surface area contributed by atoms with Crippen LogP contribution in [0.3, 0.4) is 0 Å². The van der Waals surface area contributed by atoms with Crippen LogP contribution in [0.25, 0.3) is 11.0 Å². The monoisotopic (exact) mass is 453 g/mol. The third-order valence-electron chi connectivity index (χ3n) is 5.10. The number of ketones is 1. The van der Waals surface area contributed by atoms with Crippen molar-refractivity contribution in [2.24, 2.45) is 5.41 Å². The quantitative estimate of drug-likeness (QED) is 0.405. The summed E-state index contributed by atoms with van der Waals surface area (Å²) in [6, 6.07) is 10.2. The highest BCUT2D eigenvalue weighted by atomic mass is 16.5. The Balaban J connectivity index is 1.86. The molecular formula is C25H27NO7. The molecular weight excluding hydrogens is 426 g/mol. The number of fused-ring (bicyclic) bond motifs is 1. The number of anilines is 1. The molecule has 0 aliphatic rings. The summed E-state index contributed by atoms with van der Waals surface area (Å²) in [5, 5.41) is 3.54. The second-order valence-electron chi connectivity index (χ2n) is 8.51. The Kier molecular flexibility index (Phi) is 6.76. The average Bonchev–Trinajstić information content (AvgIpc) is 3.13. The molecule has 0 fully saturated rings. The number of Topliss-reactive ketones (excluding diaryl/α,β-unsaturated/α-hetero) is 1. The highest BCUT2D eigenvalue weighted by Gasteiger charge is 2.26. The molecule has 33 heavy (non-hydrogen) atoms. The zero-order valence-electron chi connectivity index (χ0n) is 19.5. The molecule has 1 amide bonds. The third kappa shape index (κ3) is 5.00. The molecule has 1 N–H and O–H groups in total. The standard InChI is InChI=1S/C25H27NO7/c1-14-15-9-7-8-10-19(15)33-22(14)18(27)13-32-23(28)16-11-20(30-5)21(31-6)12-17(16)26-24(29)25(2,3)4/h7-12H,13H2,1-6H3,(H,26,29). The molecule has 1 aromatic heterocycles. The van der Waals surface area contributed by atoms with Gasteiger partial charge in [0.05, 0.1) is 25.5 Å². The van der Waals surface area contributed by atoms with Crippen LogP contribution in [0.2, 0.25) is 0 Å². The highest BCUT2D eigenvalue weighted by molar-refractivity contribution is 6.05. The first kappa shape index (κ1) is 23.8. The van der Waals surface area contributed by atoms with Crippen molar-refractivity contribution in [3.63, 3.8) is 0 Å². The Labute approximate surface area is 191 Å². The van der Waals surface area contributed by atoms with Gasteiger partial charge in [0.15, 0.2) is 23.9 Å². The van der Waals surface area contributed by atoms with Crippen LogP contribution < -0.4 is 14.8 Å². The summed E-state index contributed by atoms with van der Waals surface area (Å²) in [4.78, 5) is 38.1. The van der Waals surface area contributed by atoms with Crippen LogP contribution in [0.15, 0.2) is 40.8 Å². The fraction of sp³-hybridized carbons (Fsp3) is 0.320. The van der Waals surface area contributed by atoms with Gasteiger partial charge in [-0.2, -0.15) is 0 Å². The number of carbonyl (C=O) groups is 3. The lowest BCUT2D eigenvalue weighted by molar-refractivity contribution is -0.123. The number of ether oxygens (including phenoxy) is 3. The van der Waals surface area contributed by atoms with E-state index >= 15 is 0 Å². The van der Waals surface area contributed by atoms with E-state index in [2.05, 4.69) is 5.32 Å². The SMILES string of the molecule is COc1cc(NC(=O)C(C)(C)C)c(C(=O)OCC(=O)c2oc3ccccc3c2C)cc1OC. The van der Waals surface area contributed by atoms with E-state index in [-0.39, 0.29) is 28.7 Å². The summed E-state index contributed by atoms with van der Waals surface area (Å²) in [5.74, 6) is -0.847. The zero-order chi connectivity index (χ0) is 24.3. The van der Waals surface area contributed by atoms with Gasteiger partial charge in [0.1, 0.15) is 5.58 Å². The van der Waals surface area contributed by atoms with Crippen LogP contribution in [0.4, 0.5) is 5.69 Å². The lowest BCUT2D eigenvalue weighted by Gasteiger charge is -2.20. The minimum absolute atomic E-state index is 0.0272. The summed E-state index contributed by atoms with van der Waals surface area (Å²) in [5.41, 5.74) is 0.764. The Hall–Kier alpha value is -3.81.